The first-order chi connectivity index (χ1) is 9.23. The van der Waals surface area contributed by atoms with Crippen LogP contribution in [0.1, 0.15) is 38.7 Å². The third-order valence-electron chi connectivity index (χ3n) is 2.52. The molecule has 0 aliphatic carbocycles. The molecule has 1 heterocycles. The highest BCUT2D eigenvalue weighted by molar-refractivity contribution is 7.08. The van der Waals surface area contributed by atoms with Gasteiger partial charge in [-0.15, -0.1) is 11.3 Å². The zero-order valence-corrected chi connectivity index (χ0v) is 12.9. The van der Waals surface area contributed by atoms with Crippen LogP contribution < -0.4 is 4.74 Å². The van der Waals surface area contributed by atoms with Gasteiger partial charge in [0.1, 0.15) is 11.4 Å². The molecule has 20 heavy (non-hydrogen) atoms. The quantitative estimate of drug-likeness (QED) is 0.458. The molecule has 0 saturated heterocycles. The Labute approximate surface area is 121 Å². The number of thiophene rings is 1. The van der Waals surface area contributed by atoms with Crippen LogP contribution in [0, 0.1) is 10.1 Å². The van der Waals surface area contributed by atoms with Crippen molar-refractivity contribution < 1.29 is 19.2 Å². The van der Waals surface area contributed by atoms with Crippen molar-refractivity contribution >= 4 is 17.3 Å². The molecule has 0 spiro atoms. The first kappa shape index (κ1) is 16.4. The maximum atomic E-state index is 11.4. The largest absolute Gasteiger partial charge is 0.487 e. The summed E-state index contributed by atoms with van der Waals surface area (Å²) in [5, 5.41) is 14.4. The van der Waals surface area contributed by atoms with E-state index < -0.39 is 22.4 Å². The molecule has 0 N–H and O–H groups in total. The Hall–Kier alpha value is -1.63. The molecule has 7 heteroatoms. The van der Waals surface area contributed by atoms with Gasteiger partial charge >= 0.3 is 5.97 Å². The van der Waals surface area contributed by atoms with Gasteiger partial charge in [-0.1, -0.05) is 0 Å². The fourth-order valence-electron chi connectivity index (χ4n) is 1.74. The number of esters is 1. The fourth-order valence-corrected chi connectivity index (χ4v) is 2.57. The predicted octanol–water partition coefficient (Wildman–Crippen LogP) is 2.85. The highest BCUT2D eigenvalue weighted by Crippen LogP contribution is 2.35. The molecule has 112 valence electrons. The van der Waals surface area contributed by atoms with Crippen LogP contribution in [0.5, 0.6) is 5.75 Å². The summed E-state index contributed by atoms with van der Waals surface area (Å²) < 4.78 is 10.4. The summed E-state index contributed by atoms with van der Waals surface area (Å²) in [4.78, 5) is 21.8. The van der Waals surface area contributed by atoms with E-state index in [-0.39, 0.29) is 13.0 Å². The Kier molecular flexibility index (Phi) is 5.50. The van der Waals surface area contributed by atoms with Crippen LogP contribution in [0.4, 0.5) is 0 Å². The van der Waals surface area contributed by atoms with E-state index in [1.165, 1.54) is 18.4 Å². The van der Waals surface area contributed by atoms with Gasteiger partial charge in [-0.3, -0.25) is 14.9 Å². The summed E-state index contributed by atoms with van der Waals surface area (Å²) in [5.41, 5.74) is 0.285. The number of nitrogens with zero attached hydrogens (tertiary/aromatic N) is 1. The second-order valence-electron chi connectivity index (χ2n) is 5.40. The number of methoxy groups -OCH3 is 1. The lowest BCUT2D eigenvalue weighted by molar-refractivity contribution is -0.483. The van der Waals surface area contributed by atoms with Gasteiger partial charge in [-0.25, -0.2) is 0 Å². The molecule has 0 aliphatic rings. The Morgan fingerprint density at radius 2 is 2.10 bits per heavy atom. The summed E-state index contributed by atoms with van der Waals surface area (Å²) in [5.74, 6) is -0.413. The van der Waals surface area contributed by atoms with Gasteiger partial charge in [0.25, 0.3) is 0 Å². The van der Waals surface area contributed by atoms with Gasteiger partial charge < -0.3 is 9.47 Å². The van der Waals surface area contributed by atoms with Gasteiger partial charge in [0, 0.05) is 15.9 Å². The van der Waals surface area contributed by atoms with E-state index in [4.69, 9.17) is 4.74 Å². The summed E-state index contributed by atoms with van der Waals surface area (Å²) in [6, 6.07) is 0. The fraction of sp³-hybridized carbons (Fsp3) is 0.615. The van der Waals surface area contributed by atoms with Gasteiger partial charge in [0.15, 0.2) is 0 Å². The number of hydrogen-bond donors (Lipinski definition) is 0. The third kappa shape index (κ3) is 5.16. The molecule has 1 atom stereocenters. The summed E-state index contributed by atoms with van der Waals surface area (Å²) >= 11 is 1.40. The minimum atomic E-state index is -0.541. The molecule has 0 saturated carbocycles. The van der Waals surface area contributed by atoms with Crippen molar-refractivity contribution in [3.8, 4) is 5.75 Å². The van der Waals surface area contributed by atoms with E-state index in [0.29, 0.717) is 11.3 Å². The summed E-state index contributed by atoms with van der Waals surface area (Å²) in [7, 11) is 1.27. The van der Waals surface area contributed by atoms with Crippen molar-refractivity contribution in [2.45, 2.75) is 38.7 Å². The van der Waals surface area contributed by atoms with Crippen molar-refractivity contribution in [2.24, 2.45) is 0 Å². The standard InChI is InChI=1S/C13H19NO5S/c1-13(2,3)19-11-8-20-7-10(11)9(6-14(16)17)5-12(15)18-4/h7-9H,5-6H2,1-4H3. The van der Waals surface area contributed by atoms with Crippen molar-refractivity contribution in [1.82, 2.24) is 0 Å². The molecular weight excluding hydrogens is 282 g/mol. The van der Waals surface area contributed by atoms with Gasteiger partial charge in [0.05, 0.1) is 19.4 Å². The molecule has 0 bridgehead atoms. The van der Waals surface area contributed by atoms with E-state index in [2.05, 4.69) is 4.74 Å². The maximum absolute atomic E-state index is 11.4. The minimum absolute atomic E-state index is 0.0330. The van der Waals surface area contributed by atoms with E-state index >= 15 is 0 Å². The Morgan fingerprint density at radius 1 is 1.45 bits per heavy atom. The van der Waals surface area contributed by atoms with Crippen LogP contribution in [0.15, 0.2) is 10.8 Å². The first-order valence-electron chi connectivity index (χ1n) is 6.16. The number of ether oxygens (including phenoxy) is 2. The molecule has 1 rings (SSSR count). The molecule has 0 aliphatic heterocycles. The maximum Gasteiger partial charge on any atom is 0.306 e. The van der Waals surface area contributed by atoms with Crippen LogP contribution in [-0.2, 0) is 9.53 Å². The minimum Gasteiger partial charge on any atom is -0.487 e. The average Bonchev–Trinajstić information content (AvgIpc) is 2.72. The Balaban J connectivity index is 2.98. The van der Waals surface area contributed by atoms with E-state index in [1.54, 1.807) is 10.8 Å². The molecule has 0 radical (unpaired) electrons. The van der Waals surface area contributed by atoms with E-state index in [1.807, 2.05) is 20.8 Å². The lowest BCUT2D eigenvalue weighted by atomic mass is 9.97. The molecule has 6 nitrogen and oxygen atoms in total. The van der Waals surface area contributed by atoms with Crippen LogP contribution in [0.3, 0.4) is 0 Å². The van der Waals surface area contributed by atoms with Crippen molar-refractivity contribution in [3.05, 3.63) is 26.4 Å². The van der Waals surface area contributed by atoms with Crippen molar-refractivity contribution in [3.63, 3.8) is 0 Å². The smallest absolute Gasteiger partial charge is 0.306 e. The van der Waals surface area contributed by atoms with E-state index in [0.717, 1.165) is 0 Å². The Morgan fingerprint density at radius 3 is 2.60 bits per heavy atom. The SMILES string of the molecule is COC(=O)CC(C[N+](=O)[O-])c1cscc1OC(C)(C)C. The predicted molar refractivity (Wildman–Crippen MR) is 75.9 cm³/mol. The second-order valence-corrected chi connectivity index (χ2v) is 6.14. The number of carbonyl (C=O) groups is 1. The molecule has 1 aromatic heterocycles. The zero-order chi connectivity index (χ0) is 15.3. The summed E-state index contributed by atoms with van der Waals surface area (Å²) in [6.45, 7) is 5.37. The van der Waals surface area contributed by atoms with E-state index in [9.17, 15) is 14.9 Å². The number of hydrogen-bond acceptors (Lipinski definition) is 6. The molecule has 0 amide bonds. The van der Waals surface area contributed by atoms with Crippen LogP contribution >= 0.6 is 11.3 Å². The van der Waals surface area contributed by atoms with Crippen molar-refractivity contribution in [1.29, 1.82) is 0 Å². The molecule has 1 unspecified atom stereocenters. The number of rotatable bonds is 6. The van der Waals surface area contributed by atoms with Crippen molar-refractivity contribution in [2.75, 3.05) is 13.7 Å². The molecule has 0 aromatic carbocycles. The lowest BCUT2D eigenvalue weighted by Crippen LogP contribution is -2.24. The van der Waals surface area contributed by atoms with Crippen LogP contribution in [0.25, 0.3) is 0 Å². The zero-order valence-electron chi connectivity index (χ0n) is 12.0. The summed E-state index contributed by atoms with van der Waals surface area (Å²) in [6.07, 6.45) is -0.0330. The lowest BCUT2D eigenvalue weighted by Gasteiger charge is -2.23. The second kappa shape index (κ2) is 6.69. The normalized spacial score (nSPS) is 12.8. The highest BCUT2D eigenvalue weighted by atomic mass is 32.1. The van der Waals surface area contributed by atoms with Gasteiger partial charge in [-0.2, -0.15) is 0 Å². The third-order valence-corrected chi connectivity index (χ3v) is 3.26. The molecule has 0 fully saturated rings. The number of nitro groups is 1. The molecular formula is C13H19NO5S. The monoisotopic (exact) mass is 301 g/mol. The van der Waals surface area contributed by atoms with Crippen LogP contribution in [0.2, 0.25) is 0 Å². The van der Waals surface area contributed by atoms with Gasteiger partial charge in [-0.05, 0) is 26.2 Å². The topological polar surface area (TPSA) is 78.7 Å². The molecule has 1 aromatic rings. The highest BCUT2D eigenvalue weighted by Gasteiger charge is 2.27. The average molecular weight is 301 g/mol. The van der Waals surface area contributed by atoms with Crippen LogP contribution in [-0.4, -0.2) is 30.1 Å². The first-order valence-corrected chi connectivity index (χ1v) is 7.11. The number of carbonyl (C=O) groups excluding carboxylic acids is 1. The Bertz CT molecular complexity index is 477. The van der Waals surface area contributed by atoms with Gasteiger partial charge in [0.2, 0.25) is 6.54 Å².